The van der Waals surface area contributed by atoms with E-state index in [1.54, 1.807) is 6.07 Å². The third-order valence-corrected chi connectivity index (χ3v) is 3.43. The van der Waals surface area contributed by atoms with Crippen molar-refractivity contribution in [2.75, 3.05) is 17.7 Å². The number of hydrogen-bond donors (Lipinski definition) is 1. The number of nitriles is 1. The lowest BCUT2D eigenvalue weighted by molar-refractivity contribution is 0.525. The molecule has 5 nitrogen and oxygen atoms in total. The van der Waals surface area contributed by atoms with Crippen LogP contribution in [0.4, 0.5) is 11.5 Å². The van der Waals surface area contributed by atoms with Crippen LogP contribution in [0.1, 0.15) is 36.7 Å². The summed E-state index contributed by atoms with van der Waals surface area (Å²) in [5.74, 6) is 0.921. The van der Waals surface area contributed by atoms with Crippen LogP contribution in [-0.2, 0) is 6.54 Å². The monoisotopic (exact) mass is 283 g/mol. The second-order valence-electron chi connectivity index (χ2n) is 5.53. The Labute approximate surface area is 125 Å². The molecule has 0 aliphatic heterocycles. The minimum absolute atomic E-state index is 0.240. The van der Waals surface area contributed by atoms with Crippen molar-refractivity contribution < 1.29 is 0 Å². The van der Waals surface area contributed by atoms with Crippen molar-refractivity contribution in [3.63, 3.8) is 0 Å². The van der Waals surface area contributed by atoms with Crippen molar-refractivity contribution in [2.45, 2.75) is 33.4 Å². The van der Waals surface area contributed by atoms with Crippen LogP contribution in [0.15, 0.2) is 24.3 Å². The zero-order valence-corrected chi connectivity index (χ0v) is 13.0. The van der Waals surface area contributed by atoms with Crippen molar-refractivity contribution in [1.29, 1.82) is 5.26 Å². The molecule has 0 atom stereocenters. The van der Waals surface area contributed by atoms with Gasteiger partial charge in [-0.1, -0.05) is 12.1 Å². The number of nitrogen functional groups attached to an aromatic ring is 1. The Morgan fingerprint density at radius 1 is 1.43 bits per heavy atom. The molecule has 0 saturated carbocycles. The number of rotatable bonds is 4. The Morgan fingerprint density at radius 3 is 2.76 bits per heavy atom. The number of aryl methyl sites for hydroxylation is 1. The van der Waals surface area contributed by atoms with Crippen LogP contribution in [-0.4, -0.2) is 16.8 Å². The van der Waals surface area contributed by atoms with Gasteiger partial charge in [0.25, 0.3) is 0 Å². The van der Waals surface area contributed by atoms with E-state index in [0.717, 1.165) is 17.1 Å². The Kier molecular flexibility index (Phi) is 4.18. The minimum atomic E-state index is 0.240. The summed E-state index contributed by atoms with van der Waals surface area (Å²) in [6.07, 6.45) is 0. The van der Waals surface area contributed by atoms with Crippen LogP contribution < -0.4 is 10.6 Å². The summed E-state index contributed by atoms with van der Waals surface area (Å²) in [6, 6.07) is 10.0. The quantitative estimate of drug-likeness (QED) is 0.936. The molecule has 0 radical (unpaired) electrons. The van der Waals surface area contributed by atoms with Crippen molar-refractivity contribution in [2.24, 2.45) is 0 Å². The molecule has 2 N–H and O–H groups in total. The normalized spacial score (nSPS) is 10.7. The SMILES string of the molecule is Cc1nn(C(C)C)c(N(C)Cc2cccc(C#N)c2)c1N. The Morgan fingerprint density at radius 2 is 2.14 bits per heavy atom. The molecular formula is C16H21N5. The topological polar surface area (TPSA) is 70.9 Å². The summed E-state index contributed by atoms with van der Waals surface area (Å²) in [4.78, 5) is 2.08. The molecule has 0 spiro atoms. The van der Waals surface area contributed by atoms with E-state index in [-0.39, 0.29) is 6.04 Å². The maximum Gasteiger partial charge on any atom is 0.150 e. The highest BCUT2D eigenvalue weighted by molar-refractivity contribution is 5.66. The smallest absolute Gasteiger partial charge is 0.150 e. The Hall–Kier alpha value is -2.48. The second-order valence-corrected chi connectivity index (χ2v) is 5.53. The van der Waals surface area contributed by atoms with Crippen molar-refractivity contribution >= 4 is 11.5 Å². The van der Waals surface area contributed by atoms with Crippen LogP contribution in [0, 0.1) is 18.3 Å². The number of nitrogens with two attached hydrogens (primary N) is 1. The van der Waals surface area contributed by atoms with Gasteiger partial charge in [0.2, 0.25) is 0 Å². The lowest BCUT2D eigenvalue weighted by Crippen LogP contribution is -2.22. The first kappa shape index (κ1) is 14.9. The summed E-state index contributed by atoms with van der Waals surface area (Å²) in [6.45, 7) is 6.76. The summed E-state index contributed by atoms with van der Waals surface area (Å²) >= 11 is 0. The average Bonchev–Trinajstić information content (AvgIpc) is 2.75. The zero-order valence-electron chi connectivity index (χ0n) is 13.0. The van der Waals surface area contributed by atoms with Gasteiger partial charge in [-0.15, -0.1) is 0 Å². The van der Waals surface area contributed by atoms with Crippen LogP contribution in [0.25, 0.3) is 0 Å². The van der Waals surface area contributed by atoms with E-state index in [1.165, 1.54) is 0 Å². The first-order valence-electron chi connectivity index (χ1n) is 6.98. The third-order valence-electron chi connectivity index (χ3n) is 3.43. The molecule has 5 heteroatoms. The van der Waals surface area contributed by atoms with Crippen molar-refractivity contribution in [3.8, 4) is 6.07 Å². The summed E-state index contributed by atoms with van der Waals surface area (Å²) in [5.41, 5.74) is 9.47. The van der Waals surface area contributed by atoms with Crippen molar-refractivity contribution in [1.82, 2.24) is 9.78 Å². The molecule has 0 aliphatic rings. The Balaban J connectivity index is 2.32. The summed E-state index contributed by atoms with van der Waals surface area (Å²) in [5, 5.41) is 13.5. The van der Waals surface area contributed by atoms with Gasteiger partial charge < -0.3 is 10.6 Å². The molecule has 1 aromatic carbocycles. The van der Waals surface area contributed by atoms with E-state index in [9.17, 15) is 0 Å². The molecule has 1 aromatic heterocycles. The maximum atomic E-state index is 8.98. The minimum Gasteiger partial charge on any atom is -0.394 e. The van der Waals surface area contributed by atoms with Gasteiger partial charge in [-0.05, 0) is 38.5 Å². The van der Waals surface area contributed by atoms with E-state index in [2.05, 4.69) is 29.9 Å². The maximum absolute atomic E-state index is 8.98. The average molecular weight is 283 g/mol. The number of aromatic nitrogens is 2. The molecule has 0 fully saturated rings. The molecular weight excluding hydrogens is 262 g/mol. The molecule has 0 aliphatic carbocycles. The summed E-state index contributed by atoms with van der Waals surface area (Å²) < 4.78 is 1.94. The molecule has 110 valence electrons. The molecule has 2 aromatic rings. The fraction of sp³-hybridized carbons (Fsp3) is 0.375. The first-order chi connectivity index (χ1) is 9.93. The van der Waals surface area contributed by atoms with Gasteiger partial charge in [0.1, 0.15) is 0 Å². The second kappa shape index (κ2) is 5.88. The lowest BCUT2D eigenvalue weighted by atomic mass is 10.1. The molecule has 0 bridgehead atoms. The molecule has 0 unspecified atom stereocenters. The number of benzene rings is 1. The lowest BCUT2D eigenvalue weighted by Gasteiger charge is -2.23. The van der Waals surface area contributed by atoms with Crippen LogP contribution in [0.2, 0.25) is 0 Å². The predicted molar refractivity (Wildman–Crippen MR) is 85.0 cm³/mol. The van der Waals surface area contributed by atoms with Crippen LogP contribution in [0.5, 0.6) is 0 Å². The standard InChI is InChI=1S/C16H21N5/c1-11(2)21-16(15(18)12(3)19-21)20(4)10-14-7-5-6-13(8-14)9-17/h5-8,11H,10,18H2,1-4H3. The molecule has 1 heterocycles. The predicted octanol–water partition coefficient (Wildman–Crippen LogP) is 2.86. The van der Waals surface area contributed by atoms with Crippen LogP contribution >= 0.6 is 0 Å². The molecule has 0 saturated heterocycles. The van der Waals surface area contributed by atoms with Crippen molar-refractivity contribution in [3.05, 3.63) is 41.1 Å². The highest BCUT2D eigenvalue weighted by Crippen LogP contribution is 2.29. The number of anilines is 2. The molecule has 2 rings (SSSR count). The molecule has 0 amide bonds. The highest BCUT2D eigenvalue weighted by atomic mass is 15.4. The van der Waals surface area contributed by atoms with Gasteiger partial charge in [-0.2, -0.15) is 10.4 Å². The van der Waals surface area contributed by atoms with Gasteiger partial charge in [-0.25, -0.2) is 4.68 Å². The fourth-order valence-electron chi connectivity index (χ4n) is 2.38. The number of nitrogens with zero attached hydrogens (tertiary/aromatic N) is 4. The fourth-order valence-corrected chi connectivity index (χ4v) is 2.38. The van der Waals surface area contributed by atoms with Crippen LogP contribution in [0.3, 0.4) is 0 Å². The van der Waals surface area contributed by atoms with Gasteiger partial charge >= 0.3 is 0 Å². The third kappa shape index (κ3) is 3.00. The zero-order chi connectivity index (χ0) is 15.6. The molecule has 21 heavy (non-hydrogen) atoms. The van der Waals surface area contributed by atoms with Gasteiger partial charge in [0.15, 0.2) is 5.82 Å². The van der Waals surface area contributed by atoms with E-state index in [0.29, 0.717) is 17.8 Å². The highest BCUT2D eigenvalue weighted by Gasteiger charge is 2.18. The van der Waals surface area contributed by atoms with E-state index >= 15 is 0 Å². The van der Waals surface area contributed by atoms with E-state index < -0.39 is 0 Å². The number of hydrogen-bond acceptors (Lipinski definition) is 4. The van der Waals surface area contributed by atoms with E-state index in [4.69, 9.17) is 11.0 Å². The largest absolute Gasteiger partial charge is 0.394 e. The summed E-state index contributed by atoms with van der Waals surface area (Å²) in [7, 11) is 1.99. The van der Waals surface area contributed by atoms with E-state index in [1.807, 2.05) is 36.9 Å². The van der Waals surface area contributed by atoms with Gasteiger partial charge in [-0.3, -0.25) is 0 Å². The Bertz CT molecular complexity index is 678. The van der Waals surface area contributed by atoms with Gasteiger partial charge in [0, 0.05) is 19.6 Å². The first-order valence-corrected chi connectivity index (χ1v) is 6.98. The van der Waals surface area contributed by atoms with Gasteiger partial charge in [0.05, 0.1) is 23.0 Å².